The van der Waals surface area contributed by atoms with Crippen molar-refractivity contribution in [1.82, 2.24) is 9.97 Å². The number of benzene rings is 1. The number of furan rings is 1. The summed E-state index contributed by atoms with van der Waals surface area (Å²) in [5.74, 6) is 0.587. The molecule has 0 radical (unpaired) electrons. The monoisotopic (exact) mass is 394 g/mol. The summed E-state index contributed by atoms with van der Waals surface area (Å²) in [4.78, 5) is 33.5. The van der Waals surface area contributed by atoms with Crippen molar-refractivity contribution in [3.63, 3.8) is 0 Å². The number of methoxy groups -OCH3 is 1. The van der Waals surface area contributed by atoms with Crippen LogP contribution in [0.1, 0.15) is 32.6 Å². The maximum absolute atomic E-state index is 12.8. The van der Waals surface area contributed by atoms with Gasteiger partial charge in [0.2, 0.25) is 5.76 Å². The Morgan fingerprint density at radius 1 is 1.18 bits per heavy atom. The summed E-state index contributed by atoms with van der Waals surface area (Å²) >= 11 is 1.49. The van der Waals surface area contributed by atoms with E-state index < -0.39 is 5.97 Å². The average molecular weight is 394 g/mol. The zero-order valence-electron chi connectivity index (χ0n) is 15.7. The summed E-state index contributed by atoms with van der Waals surface area (Å²) in [6.07, 6.45) is 0.277. The number of nitrogens with one attached hydrogen (secondary N) is 1. The van der Waals surface area contributed by atoms with Gasteiger partial charge in [-0.25, -0.2) is 9.78 Å². The number of esters is 1. The fourth-order valence-corrected chi connectivity index (χ4v) is 4.23. The molecule has 0 aliphatic carbocycles. The lowest BCUT2D eigenvalue weighted by molar-refractivity contribution is 0.0563. The van der Waals surface area contributed by atoms with Gasteiger partial charge in [0.05, 0.1) is 18.9 Å². The van der Waals surface area contributed by atoms with E-state index in [0.717, 1.165) is 16.0 Å². The van der Waals surface area contributed by atoms with Crippen LogP contribution in [0, 0.1) is 13.8 Å². The van der Waals surface area contributed by atoms with Crippen LogP contribution in [0.2, 0.25) is 0 Å². The molecule has 0 amide bonds. The molecule has 7 heteroatoms. The van der Waals surface area contributed by atoms with Crippen LogP contribution in [0.15, 0.2) is 45.6 Å². The molecule has 0 saturated carbocycles. The molecule has 28 heavy (non-hydrogen) atoms. The Kier molecular flexibility index (Phi) is 4.60. The predicted octanol–water partition coefficient (Wildman–Crippen LogP) is 4.24. The van der Waals surface area contributed by atoms with Crippen molar-refractivity contribution in [2.24, 2.45) is 0 Å². The molecular formula is C21H18N2O4S. The van der Waals surface area contributed by atoms with E-state index in [1.54, 1.807) is 12.1 Å². The number of carbonyl (C=O) groups excluding carboxylic acids is 1. The average Bonchev–Trinajstić information content (AvgIpc) is 3.26. The molecule has 4 aromatic rings. The van der Waals surface area contributed by atoms with Gasteiger partial charge in [-0.3, -0.25) is 4.79 Å². The van der Waals surface area contributed by atoms with E-state index in [9.17, 15) is 9.59 Å². The standard InChI is InChI=1S/C21H18N2O4S/c1-11-4-6-13(7-5-11)17-12(2)28-20-18(17)19(24)22-16(23-20)10-14-8-9-15(27-14)21(25)26-3/h4-9H,10H2,1-3H3,(H,22,23,24). The zero-order chi connectivity index (χ0) is 19.8. The van der Waals surface area contributed by atoms with Gasteiger partial charge in [0, 0.05) is 10.4 Å². The minimum absolute atomic E-state index is 0.120. The summed E-state index contributed by atoms with van der Waals surface area (Å²) in [7, 11) is 1.29. The Labute approximate surface area is 164 Å². The summed E-state index contributed by atoms with van der Waals surface area (Å²) in [5.41, 5.74) is 2.91. The maximum atomic E-state index is 12.8. The summed E-state index contributed by atoms with van der Waals surface area (Å²) < 4.78 is 10.1. The highest BCUT2D eigenvalue weighted by molar-refractivity contribution is 7.19. The number of aromatic nitrogens is 2. The smallest absolute Gasteiger partial charge is 0.373 e. The molecule has 0 bridgehead atoms. The van der Waals surface area contributed by atoms with Gasteiger partial charge in [0.15, 0.2) is 0 Å². The van der Waals surface area contributed by atoms with Gasteiger partial charge in [-0.05, 0) is 31.5 Å². The second kappa shape index (κ2) is 7.09. The molecule has 0 unspecified atom stereocenters. The van der Waals surface area contributed by atoms with Gasteiger partial charge < -0.3 is 14.1 Å². The number of rotatable bonds is 4. The van der Waals surface area contributed by atoms with Crippen molar-refractivity contribution in [3.8, 4) is 11.1 Å². The minimum Gasteiger partial charge on any atom is -0.463 e. The molecule has 0 saturated heterocycles. The van der Waals surface area contributed by atoms with E-state index in [-0.39, 0.29) is 17.7 Å². The molecule has 0 aliphatic heterocycles. The Bertz CT molecular complexity index is 1230. The van der Waals surface area contributed by atoms with Crippen molar-refractivity contribution < 1.29 is 13.9 Å². The quantitative estimate of drug-likeness (QED) is 0.523. The van der Waals surface area contributed by atoms with Gasteiger partial charge in [-0.2, -0.15) is 0 Å². The van der Waals surface area contributed by atoms with Gasteiger partial charge in [0.25, 0.3) is 5.56 Å². The highest BCUT2D eigenvalue weighted by atomic mass is 32.1. The SMILES string of the molecule is COC(=O)c1ccc(Cc2nc3sc(C)c(-c4ccc(C)cc4)c3c(=O)[nH]2)o1. The first-order chi connectivity index (χ1) is 13.5. The van der Waals surface area contributed by atoms with E-state index in [1.807, 2.05) is 38.1 Å². The third kappa shape index (κ3) is 3.25. The number of hydrogen-bond donors (Lipinski definition) is 1. The van der Waals surface area contributed by atoms with Crippen LogP contribution in [0.3, 0.4) is 0 Å². The first-order valence-electron chi connectivity index (χ1n) is 8.72. The van der Waals surface area contributed by atoms with Gasteiger partial charge >= 0.3 is 5.97 Å². The normalized spacial score (nSPS) is 11.1. The van der Waals surface area contributed by atoms with E-state index >= 15 is 0 Å². The summed E-state index contributed by atoms with van der Waals surface area (Å²) in [5, 5.41) is 0.602. The number of ether oxygens (including phenoxy) is 1. The molecule has 0 aliphatic rings. The molecule has 0 spiro atoms. The van der Waals surface area contributed by atoms with Crippen molar-refractivity contribution in [2.75, 3.05) is 7.11 Å². The Balaban J connectivity index is 1.74. The fourth-order valence-electron chi connectivity index (χ4n) is 3.16. The Hall–Kier alpha value is -3.19. The Morgan fingerprint density at radius 2 is 1.93 bits per heavy atom. The second-order valence-electron chi connectivity index (χ2n) is 6.53. The topological polar surface area (TPSA) is 85.2 Å². The predicted molar refractivity (Wildman–Crippen MR) is 108 cm³/mol. The molecule has 4 rings (SSSR count). The number of hydrogen-bond acceptors (Lipinski definition) is 6. The van der Waals surface area contributed by atoms with Gasteiger partial charge in [-0.1, -0.05) is 29.8 Å². The highest BCUT2D eigenvalue weighted by Gasteiger charge is 2.18. The molecule has 1 N–H and O–H groups in total. The van der Waals surface area contributed by atoms with E-state index in [0.29, 0.717) is 21.8 Å². The lowest BCUT2D eigenvalue weighted by atomic mass is 10.0. The highest BCUT2D eigenvalue weighted by Crippen LogP contribution is 2.35. The molecule has 0 atom stereocenters. The molecule has 142 valence electrons. The summed E-state index contributed by atoms with van der Waals surface area (Å²) in [6.45, 7) is 4.03. The van der Waals surface area contributed by atoms with Crippen LogP contribution < -0.4 is 5.56 Å². The maximum Gasteiger partial charge on any atom is 0.373 e. The largest absolute Gasteiger partial charge is 0.463 e. The lowest BCUT2D eigenvalue weighted by Crippen LogP contribution is -2.11. The number of aromatic amines is 1. The third-order valence-electron chi connectivity index (χ3n) is 4.52. The van der Waals surface area contributed by atoms with Crippen LogP contribution >= 0.6 is 11.3 Å². The summed E-state index contributed by atoms with van der Waals surface area (Å²) in [6, 6.07) is 11.3. The van der Waals surface area contributed by atoms with Gasteiger partial charge in [0.1, 0.15) is 16.4 Å². The minimum atomic E-state index is -0.542. The van der Waals surface area contributed by atoms with Crippen molar-refractivity contribution >= 4 is 27.5 Å². The molecule has 3 aromatic heterocycles. The number of fused-ring (bicyclic) bond motifs is 1. The van der Waals surface area contributed by atoms with E-state index in [1.165, 1.54) is 24.0 Å². The zero-order valence-corrected chi connectivity index (χ0v) is 16.5. The fraction of sp³-hybridized carbons (Fsp3) is 0.190. The van der Waals surface area contributed by atoms with Gasteiger partial charge in [-0.15, -0.1) is 11.3 Å². The van der Waals surface area contributed by atoms with Crippen molar-refractivity contribution in [3.05, 3.63) is 74.5 Å². The van der Waals surface area contributed by atoms with Crippen LogP contribution in [0.25, 0.3) is 21.3 Å². The first kappa shape index (κ1) is 18.2. The number of carbonyl (C=O) groups is 1. The Morgan fingerprint density at radius 3 is 2.64 bits per heavy atom. The molecule has 6 nitrogen and oxygen atoms in total. The lowest BCUT2D eigenvalue weighted by Gasteiger charge is -2.03. The third-order valence-corrected chi connectivity index (χ3v) is 5.52. The van der Waals surface area contributed by atoms with E-state index in [2.05, 4.69) is 14.7 Å². The molecule has 3 heterocycles. The van der Waals surface area contributed by atoms with Crippen LogP contribution in [0.4, 0.5) is 0 Å². The van der Waals surface area contributed by atoms with E-state index in [4.69, 9.17) is 4.42 Å². The van der Waals surface area contributed by atoms with Crippen molar-refractivity contribution in [2.45, 2.75) is 20.3 Å². The van der Waals surface area contributed by atoms with Crippen LogP contribution in [0.5, 0.6) is 0 Å². The molecule has 0 fully saturated rings. The second-order valence-corrected chi connectivity index (χ2v) is 7.73. The van der Waals surface area contributed by atoms with Crippen LogP contribution in [-0.4, -0.2) is 23.0 Å². The van der Waals surface area contributed by atoms with Crippen molar-refractivity contribution in [1.29, 1.82) is 0 Å². The molecule has 1 aromatic carbocycles. The number of H-pyrrole nitrogens is 1. The first-order valence-corrected chi connectivity index (χ1v) is 9.54. The number of thiophene rings is 1. The number of aryl methyl sites for hydroxylation is 2. The van der Waals surface area contributed by atoms with Crippen LogP contribution in [-0.2, 0) is 11.2 Å². The molecular weight excluding hydrogens is 376 g/mol. The number of nitrogens with zero attached hydrogens (tertiary/aromatic N) is 1.